The van der Waals surface area contributed by atoms with Gasteiger partial charge in [-0.15, -0.1) is 0 Å². The SMILES string of the molecule is O=C(O)C1Cc2ccc(C(F)(F)F)cc2CN1Cc1ccccc1. The molecule has 0 amide bonds. The van der Waals surface area contributed by atoms with E-state index in [9.17, 15) is 23.1 Å². The van der Waals surface area contributed by atoms with Gasteiger partial charge in [-0.1, -0.05) is 36.4 Å². The Morgan fingerprint density at radius 2 is 1.83 bits per heavy atom. The highest BCUT2D eigenvalue weighted by Gasteiger charge is 2.35. The van der Waals surface area contributed by atoms with Crippen LogP contribution in [-0.2, 0) is 30.5 Å². The standard InChI is InChI=1S/C18H16F3NO2/c19-18(20,21)15-7-6-13-9-16(17(23)24)22(11-14(13)8-15)10-12-4-2-1-3-5-12/h1-8,16H,9-11H2,(H,23,24). The Kier molecular flexibility index (Phi) is 4.32. The van der Waals surface area contributed by atoms with Gasteiger partial charge in [0.05, 0.1) is 5.56 Å². The molecule has 0 aliphatic carbocycles. The first-order valence-electron chi connectivity index (χ1n) is 7.54. The quantitative estimate of drug-likeness (QED) is 0.929. The lowest BCUT2D eigenvalue weighted by molar-refractivity contribution is -0.144. The van der Waals surface area contributed by atoms with Gasteiger partial charge in [0.2, 0.25) is 0 Å². The van der Waals surface area contributed by atoms with Crippen molar-refractivity contribution in [1.82, 2.24) is 4.90 Å². The second-order valence-electron chi connectivity index (χ2n) is 5.93. The summed E-state index contributed by atoms with van der Waals surface area (Å²) in [6.45, 7) is 0.568. The van der Waals surface area contributed by atoms with Crippen molar-refractivity contribution in [2.45, 2.75) is 31.7 Å². The summed E-state index contributed by atoms with van der Waals surface area (Å²) in [6, 6.07) is 12.1. The van der Waals surface area contributed by atoms with Crippen LogP contribution in [0.2, 0.25) is 0 Å². The van der Waals surface area contributed by atoms with Gasteiger partial charge in [0.1, 0.15) is 6.04 Å². The summed E-state index contributed by atoms with van der Waals surface area (Å²) in [4.78, 5) is 13.3. The molecule has 24 heavy (non-hydrogen) atoms. The molecule has 6 heteroatoms. The fraction of sp³-hybridized carbons (Fsp3) is 0.278. The second kappa shape index (κ2) is 6.28. The topological polar surface area (TPSA) is 40.5 Å². The third-order valence-corrected chi connectivity index (χ3v) is 4.27. The van der Waals surface area contributed by atoms with Crippen LogP contribution < -0.4 is 0 Å². The Hall–Kier alpha value is -2.34. The highest BCUT2D eigenvalue weighted by molar-refractivity contribution is 5.74. The Labute approximate surface area is 137 Å². The molecular weight excluding hydrogens is 319 g/mol. The fourth-order valence-electron chi connectivity index (χ4n) is 3.04. The minimum atomic E-state index is -4.40. The van der Waals surface area contributed by atoms with Gasteiger partial charge in [0, 0.05) is 13.1 Å². The normalized spacial score (nSPS) is 18.2. The Balaban J connectivity index is 1.91. The molecule has 1 atom stereocenters. The first-order valence-corrected chi connectivity index (χ1v) is 7.54. The van der Waals surface area contributed by atoms with Crippen LogP contribution in [0.25, 0.3) is 0 Å². The van der Waals surface area contributed by atoms with Gasteiger partial charge in [0.15, 0.2) is 0 Å². The maximum Gasteiger partial charge on any atom is 0.416 e. The van der Waals surface area contributed by atoms with E-state index in [1.165, 1.54) is 6.07 Å². The molecule has 2 aromatic carbocycles. The van der Waals surface area contributed by atoms with Crippen LogP contribution in [-0.4, -0.2) is 22.0 Å². The van der Waals surface area contributed by atoms with E-state index in [0.29, 0.717) is 17.7 Å². The summed E-state index contributed by atoms with van der Waals surface area (Å²) in [6.07, 6.45) is -4.20. The number of carboxylic acids is 1. The number of alkyl halides is 3. The summed E-state index contributed by atoms with van der Waals surface area (Å²) in [5.41, 5.74) is 1.44. The zero-order valence-corrected chi connectivity index (χ0v) is 12.8. The molecule has 3 nitrogen and oxygen atoms in total. The van der Waals surface area contributed by atoms with E-state index in [1.54, 1.807) is 4.90 Å². The lowest BCUT2D eigenvalue weighted by atomic mass is 9.92. The van der Waals surface area contributed by atoms with Crippen LogP contribution in [0.4, 0.5) is 13.2 Å². The number of benzene rings is 2. The van der Waals surface area contributed by atoms with Crippen LogP contribution in [0.3, 0.4) is 0 Å². The molecule has 1 aliphatic rings. The number of carbonyl (C=O) groups is 1. The summed E-state index contributed by atoms with van der Waals surface area (Å²) in [5, 5.41) is 9.47. The van der Waals surface area contributed by atoms with Crippen molar-refractivity contribution < 1.29 is 23.1 Å². The number of hydrogen-bond donors (Lipinski definition) is 1. The first-order chi connectivity index (χ1) is 11.3. The maximum absolute atomic E-state index is 12.9. The molecule has 1 heterocycles. The predicted octanol–water partition coefficient (Wildman–Crippen LogP) is 3.72. The highest BCUT2D eigenvalue weighted by atomic mass is 19.4. The second-order valence-corrected chi connectivity index (χ2v) is 5.93. The van der Waals surface area contributed by atoms with Gasteiger partial charge in [-0.25, -0.2) is 0 Å². The molecular formula is C18H16F3NO2. The van der Waals surface area contributed by atoms with E-state index < -0.39 is 23.8 Å². The predicted molar refractivity (Wildman–Crippen MR) is 82.3 cm³/mol. The van der Waals surface area contributed by atoms with Crippen molar-refractivity contribution in [1.29, 1.82) is 0 Å². The number of fused-ring (bicyclic) bond motifs is 1. The molecule has 1 unspecified atom stereocenters. The van der Waals surface area contributed by atoms with Gasteiger partial charge >= 0.3 is 12.1 Å². The molecule has 1 N–H and O–H groups in total. The van der Waals surface area contributed by atoms with Gasteiger partial charge in [-0.3, -0.25) is 9.69 Å². The molecule has 0 spiro atoms. The van der Waals surface area contributed by atoms with Crippen LogP contribution in [0, 0.1) is 0 Å². The minimum absolute atomic E-state index is 0.186. The third kappa shape index (κ3) is 3.43. The van der Waals surface area contributed by atoms with Crippen molar-refractivity contribution >= 4 is 5.97 Å². The number of halogens is 3. The first kappa shape index (κ1) is 16.5. The van der Waals surface area contributed by atoms with Crippen molar-refractivity contribution in [3.05, 3.63) is 70.8 Å². The van der Waals surface area contributed by atoms with Gasteiger partial charge in [-0.2, -0.15) is 13.2 Å². The molecule has 0 aromatic heterocycles. The minimum Gasteiger partial charge on any atom is -0.480 e. The molecule has 0 radical (unpaired) electrons. The maximum atomic E-state index is 12.9. The van der Waals surface area contributed by atoms with E-state index in [0.717, 1.165) is 17.7 Å². The Bertz CT molecular complexity index is 744. The number of carboxylic acid groups (broad SMARTS) is 1. The van der Waals surface area contributed by atoms with Crippen molar-refractivity contribution in [3.63, 3.8) is 0 Å². The largest absolute Gasteiger partial charge is 0.480 e. The van der Waals surface area contributed by atoms with Crippen molar-refractivity contribution in [2.24, 2.45) is 0 Å². The van der Waals surface area contributed by atoms with Crippen LogP contribution in [0.15, 0.2) is 48.5 Å². The van der Waals surface area contributed by atoms with E-state index in [2.05, 4.69) is 0 Å². The highest BCUT2D eigenvalue weighted by Crippen LogP contribution is 2.33. The summed E-state index contributed by atoms with van der Waals surface area (Å²) < 4.78 is 38.7. The smallest absolute Gasteiger partial charge is 0.416 e. The molecule has 1 aliphatic heterocycles. The molecule has 126 valence electrons. The van der Waals surface area contributed by atoms with Gasteiger partial charge in [0.25, 0.3) is 0 Å². The zero-order chi connectivity index (χ0) is 17.3. The molecule has 3 rings (SSSR count). The van der Waals surface area contributed by atoms with Crippen LogP contribution in [0.5, 0.6) is 0 Å². The zero-order valence-electron chi connectivity index (χ0n) is 12.8. The van der Waals surface area contributed by atoms with E-state index in [4.69, 9.17) is 0 Å². The summed E-state index contributed by atoms with van der Waals surface area (Å²) in [7, 11) is 0. The molecule has 0 saturated carbocycles. The molecule has 2 aromatic rings. The summed E-state index contributed by atoms with van der Waals surface area (Å²) in [5.74, 6) is -0.962. The lowest BCUT2D eigenvalue weighted by Crippen LogP contribution is -2.45. The summed E-state index contributed by atoms with van der Waals surface area (Å²) >= 11 is 0. The van der Waals surface area contributed by atoms with Gasteiger partial charge < -0.3 is 5.11 Å². The number of rotatable bonds is 3. The van der Waals surface area contributed by atoms with E-state index >= 15 is 0 Å². The third-order valence-electron chi connectivity index (χ3n) is 4.27. The number of aliphatic carboxylic acids is 1. The monoisotopic (exact) mass is 335 g/mol. The molecule has 0 saturated heterocycles. The van der Waals surface area contributed by atoms with Crippen LogP contribution >= 0.6 is 0 Å². The van der Waals surface area contributed by atoms with Gasteiger partial charge in [-0.05, 0) is 35.2 Å². The Morgan fingerprint density at radius 1 is 1.12 bits per heavy atom. The van der Waals surface area contributed by atoms with Crippen molar-refractivity contribution in [2.75, 3.05) is 0 Å². The number of nitrogens with zero attached hydrogens (tertiary/aromatic N) is 1. The Morgan fingerprint density at radius 3 is 2.46 bits per heavy atom. The van der Waals surface area contributed by atoms with Crippen LogP contribution in [0.1, 0.15) is 22.3 Å². The molecule has 0 bridgehead atoms. The molecule has 0 fully saturated rings. The average molecular weight is 335 g/mol. The van der Waals surface area contributed by atoms with E-state index in [1.807, 2.05) is 30.3 Å². The van der Waals surface area contributed by atoms with Crippen molar-refractivity contribution in [3.8, 4) is 0 Å². The van der Waals surface area contributed by atoms with E-state index in [-0.39, 0.29) is 13.0 Å². The fourth-order valence-corrected chi connectivity index (χ4v) is 3.04. The average Bonchev–Trinajstić information content (AvgIpc) is 2.53. The lowest BCUT2D eigenvalue weighted by Gasteiger charge is -2.34. The number of hydrogen-bond acceptors (Lipinski definition) is 2.